The van der Waals surface area contributed by atoms with Crippen LogP contribution in [0.25, 0.3) is 0 Å². The normalized spacial score (nSPS) is 11.4. The molecule has 0 aliphatic carbocycles. The monoisotopic (exact) mass is 273 g/mol. The minimum absolute atomic E-state index is 0.402. The summed E-state index contributed by atoms with van der Waals surface area (Å²) in [5.74, 6) is 1.21. The van der Waals surface area contributed by atoms with Crippen LogP contribution in [0.15, 0.2) is 41.7 Å². The van der Waals surface area contributed by atoms with Gasteiger partial charge in [-0.2, -0.15) is 5.10 Å². The summed E-state index contributed by atoms with van der Waals surface area (Å²) in [7, 11) is 3.53. The minimum atomic E-state index is 0.402. The standard InChI is InChI=1S/C14H19N5O/c1-19-10-11(9-17-19)7-8-16-14(15)18-12-3-5-13(20-2)6-4-12/h3-6,9-10H,7-8H2,1-2H3,(H3,15,16,18). The third-order valence-electron chi connectivity index (χ3n) is 2.80. The van der Waals surface area contributed by atoms with Crippen LogP contribution >= 0.6 is 0 Å². The van der Waals surface area contributed by atoms with Crippen LogP contribution in [0.2, 0.25) is 0 Å². The van der Waals surface area contributed by atoms with Crippen molar-refractivity contribution in [2.75, 3.05) is 19.0 Å². The van der Waals surface area contributed by atoms with Gasteiger partial charge in [-0.25, -0.2) is 0 Å². The van der Waals surface area contributed by atoms with Crippen LogP contribution in [-0.4, -0.2) is 29.4 Å². The van der Waals surface area contributed by atoms with Crippen molar-refractivity contribution in [3.63, 3.8) is 0 Å². The zero-order valence-corrected chi connectivity index (χ0v) is 11.7. The number of benzene rings is 1. The van der Waals surface area contributed by atoms with Crippen LogP contribution in [0.4, 0.5) is 5.69 Å². The number of methoxy groups -OCH3 is 1. The number of nitrogens with two attached hydrogens (primary N) is 1. The van der Waals surface area contributed by atoms with E-state index in [1.165, 1.54) is 0 Å². The molecule has 0 fully saturated rings. The average molecular weight is 273 g/mol. The highest BCUT2D eigenvalue weighted by atomic mass is 16.5. The molecule has 0 atom stereocenters. The molecule has 0 radical (unpaired) electrons. The second-order valence-electron chi connectivity index (χ2n) is 4.39. The van der Waals surface area contributed by atoms with E-state index >= 15 is 0 Å². The number of nitrogens with one attached hydrogen (secondary N) is 1. The first-order valence-corrected chi connectivity index (χ1v) is 6.36. The highest BCUT2D eigenvalue weighted by Crippen LogP contribution is 2.14. The Morgan fingerprint density at radius 2 is 2.15 bits per heavy atom. The second kappa shape index (κ2) is 6.60. The Bertz CT molecular complexity index is 574. The first-order valence-electron chi connectivity index (χ1n) is 6.36. The van der Waals surface area contributed by atoms with Gasteiger partial charge in [0.25, 0.3) is 0 Å². The quantitative estimate of drug-likeness (QED) is 0.637. The smallest absolute Gasteiger partial charge is 0.193 e. The van der Waals surface area contributed by atoms with Gasteiger partial charge in [-0.1, -0.05) is 0 Å². The summed E-state index contributed by atoms with van der Waals surface area (Å²) in [4.78, 5) is 4.28. The van der Waals surface area contributed by atoms with Crippen molar-refractivity contribution >= 4 is 11.6 Å². The van der Waals surface area contributed by atoms with Crippen molar-refractivity contribution < 1.29 is 4.74 Å². The van der Waals surface area contributed by atoms with Gasteiger partial charge < -0.3 is 15.8 Å². The highest BCUT2D eigenvalue weighted by molar-refractivity contribution is 5.92. The molecule has 3 N–H and O–H groups in total. The van der Waals surface area contributed by atoms with E-state index in [1.807, 2.05) is 43.7 Å². The summed E-state index contributed by atoms with van der Waals surface area (Å²) in [5, 5.41) is 7.14. The van der Waals surface area contributed by atoms with E-state index in [1.54, 1.807) is 11.8 Å². The Kier molecular flexibility index (Phi) is 4.60. The Morgan fingerprint density at radius 3 is 2.75 bits per heavy atom. The van der Waals surface area contributed by atoms with Crippen LogP contribution in [0.3, 0.4) is 0 Å². The summed E-state index contributed by atoms with van der Waals surface area (Å²) in [6.07, 6.45) is 4.63. The third-order valence-corrected chi connectivity index (χ3v) is 2.80. The number of rotatable bonds is 5. The molecule has 0 bridgehead atoms. The van der Waals surface area contributed by atoms with E-state index in [0.29, 0.717) is 12.5 Å². The minimum Gasteiger partial charge on any atom is -0.497 e. The molecule has 0 unspecified atom stereocenters. The Morgan fingerprint density at radius 1 is 1.40 bits per heavy atom. The van der Waals surface area contributed by atoms with Crippen LogP contribution in [-0.2, 0) is 13.5 Å². The molecular formula is C14H19N5O. The molecule has 0 spiro atoms. The van der Waals surface area contributed by atoms with Crippen molar-refractivity contribution in [1.82, 2.24) is 9.78 Å². The number of guanidine groups is 1. The Labute approximate surface area is 118 Å². The maximum absolute atomic E-state index is 5.83. The van der Waals surface area contributed by atoms with Crippen molar-refractivity contribution in [2.45, 2.75) is 6.42 Å². The molecule has 20 heavy (non-hydrogen) atoms. The van der Waals surface area contributed by atoms with Gasteiger partial charge in [0.15, 0.2) is 5.96 Å². The number of aliphatic imine (C=N–C) groups is 1. The summed E-state index contributed by atoms with van der Waals surface area (Å²) < 4.78 is 6.87. The lowest BCUT2D eigenvalue weighted by Gasteiger charge is -2.06. The van der Waals surface area contributed by atoms with Gasteiger partial charge >= 0.3 is 0 Å². The second-order valence-corrected chi connectivity index (χ2v) is 4.39. The Balaban J connectivity index is 1.83. The average Bonchev–Trinajstić information content (AvgIpc) is 2.85. The largest absolute Gasteiger partial charge is 0.497 e. The fourth-order valence-corrected chi connectivity index (χ4v) is 1.77. The lowest BCUT2D eigenvalue weighted by molar-refractivity contribution is 0.415. The van der Waals surface area contributed by atoms with Crippen LogP contribution in [0.5, 0.6) is 5.75 Å². The number of hydrogen-bond acceptors (Lipinski definition) is 3. The van der Waals surface area contributed by atoms with Crippen molar-refractivity contribution in [1.29, 1.82) is 0 Å². The molecule has 0 aliphatic heterocycles. The van der Waals surface area contributed by atoms with E-state index < -0.39 is 0 Å². The fourth-order valence-electron chi connectivity index (χ4n) is 1.77. The van der Waals surface area contributed by atoms with E-state index in [4.69, 9.17) is 10.5 Å². The third kappa shape index (κ3) is 4.01. The molecule has 0 aliphatic rings. The SMILES string of the molecule is COc1ccc(NC(N)=NCCc2cnn(C)c2)cc1. The first kappa shape index (κ1) is 13.9. The topological polar surface area (TPSA) is 77.5 Å². The van der Waals surface area contributed by atoms with E-state index in [9.17, 15) is 0 Å². The Hall–Kier alpha value is -2.50. The molecule has 1 aromatic heterocycles. The number of ether oxygens (including phenoxy) is 1. The molecule has 6 nitrogen and oxygen atoms in total. The molecule has 0 saturated heterocycles. The van der Waals surface area contributed by atoms with Gasteiger partial charge in [0.2, 0.25) is 0 Å². The molecule has 6 heteroatoms. The molecule has 0 amide bonds. The number of aromatic nitrogens is 2. The number of hydrogen-bond donors (Lipinski definition) is 2. The van der Waals surface area contributed by atoms with E-state index in [2.05, 4.69) is 15.4 Å². The maximum atomic E-state index is 5.83. The molecule has 0 saturated carbocycles. The molecule has 1 heterocycles. The zero-order chi connectivity index (χ0) is 14.4. The van der Waals surface area contributed by atoms with Gasteiger partial charge in [-0.05, 0) is 36.2 Å². The van der Waals surface area contributed by atoms with Gasteiger partial charge in [-0.3, -0.25) is 9.67 Å². The van der Waals surface area contributed by atoms with Gasteiger partial charge in [-0.15, -0.1) is 0 Å². The zero-order valence-electron chi connectivity index (χ0n) is 11.7. The predicted octanol–water partition coefficient (Wildman–Crippen LogP) is 1.40. The van der Waals surface area contributed by atoms with Crippen molar-refractivity contribution in [2.24, 2.45) is 17.8 Å². The van der Waals surface area contributed by atoms with E-state index in [-0.39, 0.29) is 0 Å². The number of anilines is 1. The molecule has 1 aromatic carbocycles. The molecule has 2 aromatic rings. The summed E-state index contributed by atoms with van der Waals surface area (Å²) in [6, 6.07) is 7.52. The van der Waals surface area contributed by atoms with Crippen LogP contribution in [0.1, 0.15) is 5.56 Å². The van der Waals surface area contributed by atoms with Gasteiger partial charge in [0, 0.05) is 25.5 Å². The van der Waals surface area contributed by atoms with E-state index in [0.717, 1.165) is 23.4 Å². The highest BCUT2D eigenvalue weighted by Gasteiger charge is 1.98. The lowest BCUT2D eigenvalue weighted by Crippen LogP contribution is -2.23. The number of nitrogens with zero attached hydrogens (tertiary/aromatic N) is 3. The summed E-state index contributed by atoms with van der Waals surface area (Å²) in [6.45, 7) is 0.626. The fraction of sp³-hybridized carbons (Fsp3) is 0.286. The number of aryl methyl sites for hydroxylation is 1. The summed E-state index contributed by atoms with van der Waals surface area (Å²) >= 11 is 0. The van der Waals surface area contributed by atoms with Crippen molar-refractivity contribution in [3.8, 4) is 5.75 Å². The van der Waals surface area contributed by atoms with Crippen molar-refractivity contribution in [3.05, 3.63) is 42.2 Å². The maximum Gasteiger partial charge on any atom is 0.193 e. The van der Waals surface area contributed by atoms with Crippen LogP contribution < -0.4 is 15.8 Å². The molecular weight excluding hydrogens is 254 g/mol. The lowest BCUT2D eigenvalue weighted by atomic mass is 10.2. The molecule has 106 valence electrons. The first-order chi connectivity index (χ1) is 9.67. The summed E-state index contributed by atoms with van der Waals surface area (Å²) in [5.41, 5.74) is 7.86. The van der Waals surface area contributed by atoms with Crippen LogP contribution in [0, 0.1) is 0 Å². The predicted molar refractivity (Wildman–Crippen MR) is 80.0 cm³/mol. The molecule has 2 rings (SSSR count). The van der Waals surface area contributed by atoms with Gasteiger partial charge in [0.05, 0.1) is 13.3 Å². The van der Waals surface area contributed by atoms with Gasteiger partial charge in [0.1, 0.15) is 5.75 Å².